The molecule has 19 heavy (non-hydrogen) atoms. The van der Waals surface area contributed by atoms with Gasteiger partial charge in [-0.05, 0) is 59.1 Å². The molecule has 0 atom stereocenters. The predicted molar refractivity (Wildman–Crippen MR) is 82.4 cm³/mol. The van der Waals surface area contributed by atoms with Crippen molar-refractivity contribution in [2.24, 2.45) is 0 Å². The zero-order valence-electron chi connectivity index (χ0n) is 10.8. The third-order valence-corrected chi connectivity index (χ3v) is 3.50. The number of hydrogen-bond acceptors (Lipinski definition) is 2. The van der Waals surface area contributed by atoms with Crippen LogP contribution >= 0.6 is 15.9 Å². The second-order valence-corrected chi connectivity index (χ2v) is 5.33. The van der Waals surface area contributed by atoms with Gasteiger partial charge in [-0.25, -0.2) is 0 Å². The quantitative estimate of drug-likeness (QED) is 0.825. The van der Waals surface area contributed by atoms with E-state index in [4.69, 9.17) is 5.73 Å². The number of carbonyl (C=O) groups excluding carboxylic acids is 1. The van der Waals surface area contributed by atoms with Crippen LogP contribution in [0.15, 0.2) is 40.9 Å². The van der Waals surface area contributed by atoms with Gasteiger partial charge in [0.05, 0.1) is 11.3 Å². The Morgan fingerprint density at radius 2 is 1.89 bits per heavy atom. The lowest BCUT2D eigenvalue weighted by Gasteiger charge is -2.12. The van der Waals surface area contributed by atoms with Crippen molar-refractivity contribution in [1.82, 2.24) is 0 Å². The summed E-state index contributed by atoms with van der Waals surface area (Å²) in [6.07, 6.45) is 0. The minimum atomic E-state index is -0.203. The van der Waals surface area contributed by atoms with Gasteiger partial charge in [-0.15, -0.1) is 0 Å². The lowest BCUT2D eigenvalue weighted by Crippen LogP contribution is -2.15. The lowest BCUT2D eigenvalue weighted by atomic mass is 10.1. The Morgan fingerprint density at radius 1 is 1.21 bits per heavy atom. The highest BCUT2D eigenvalue weighted by Crippen LogP contribution is 2.28. The van der Waals surface area contributed by atoms with Gasteiger partial charge in [0.2, 0.25) is 0 Å². The number of nitrogen functional groups attached to an aromatic ring is 1. The molecule has 0 saturated heterocycles. The van der Waals surface area contributed by atoms with E-state index in [1.54, 1.807) is 24.3 Å². The summed E-state index contributed by atoms with van der Waals surface area (Å²) in [4.78, 5) is 12.2. The largest absolute Gasteiger partial charge is 0.398 e. The first-order valence-electron chi connectivity index (χ1n) is 5.91. The molecule has 0 bridgehead atoms. The van der Waals surface area contributed by atoms with Crippen LogP contribution in [0.25, 0.3) is 0 Å². The van der Waals surface area contributed by atoms with Crippen LogP contribution in [0.1, 0.15) is 21.5 Å². The molecule has 0 radical (unpaired) electrons. The summed E-state index contributed by atoms with van der Waals surface area (Å²) in [5.41, 5.74) is 9.68. The van der Waals surface area contributed by atoms with E-state index >= 15 is 0 Å². The second-order valence-electron chi connectivity index (χ2n) is 4.48. The zero-order chi connectivity index (χ0) is 14.0. The number of para-hydroxylation sites is 1. The first-order valence-corrected chi connectivity index (χ1v) is 6.71. The van der Waals surface area contributed by atoms with E-state index in [1.165, 1.54) is 0 Å². The number of rotatable bonds is 2. The van der Waals surface area contributed by atoms with Gasteiger partial charge < -0.3 is 11.1 Å². The third-order valence-electron chi connectivity index (χ3n) is 2.88. The number of carbonyl (C=O) groups is 1. The predicted octanol–water partition coefficient (Wildman–Crippen LogP) is 3.90. The molecule has 3 N–H and O–H groups in total. The highest BCUT2D eigenvalue weighted by Gasteiger charge is 2.12. The van der Waals surface area contributed by atoms with Crippen molar-refractivity contribution in [3.05, 3.63) is 57.6 Å². The number of benzene rings is 2. The molecule has 2 rings (SSSR count). The Morgan fingerprint density at radius 3 is 2.53 bits per heavy atom. The fourth-order valence-electron chi connectivity index (χ4n) is 1.96. The van der Waals surface area contributed by atoms with Crippen molar-refractivity contribution in [2.45, 2.75) is 13.8 Å². The summed E-state index contributed by atoms with van der Waals surface area (Å²) in [6.45, 7) is 3.97. The number of amides is 1. The molecule has 0 aliphatic carbocycles. The van der Waals surface area contributed by atoms with Crippen LogP contribution in [0.3, 0.4) is 0 Å². The molecule has 0 aliphatic heterocycles. The molecular weight excluding hydrogens is 304 g/mol. The van der Waals surface area contributed by atoms with Gasteiger partial charge in [0.1, 0.15) is 0 Å². The van der Waals surface area contributed by atoms with Crippen molar-refractivity contribution in [1.29, 1.82) is 0 Å². The van der Waals surface area contributed by atoms with E-state index in [1.807, 2.05) is 26.0 Å². The first kappa shape index (κ1) is 13.6. The minimum Gasteiger partial charge on any atom is -0.398 e. The summed E-state index contributed by atoms with van der Waals surface area (Å²) in [5, 5.41) is 2.90. The number of nitrogens with two attached hydrogens (primary N) is 1. The average molecular weight is 319 g/mol. The maximum absolute atomic E-state index is 12.2. The minimum absolute atomic E-state index is 0.203. The molecule has 0 heterocycles. The molecule has 0 fully saturated rings. The summed E-state index contributed by atoms with van der Waals surface area (Å²) < 4.78 is 0.868. The van der Waals surface area contributed by atoms with E-state index in [0.29, 0.717) is 11.3 Å². The smallest absolute Gasteiger partial charge is 0.257 e. The fourth-order valence-corrected chi connectivity index (χ4v) is 2.73. The summed E-state index contributed by atoms with van der Waals surface area (Å²) in [6, 6.07) is 11.0. The molecule has 2 aromatic carbocycles. The topological polar surface area (TPSA) is 55.1 Å². The van der Waals surface area contributed by atoms with E-state index in [9.17, 15) is 4.79 Å². The Bertz CT molecular complexity index is 615. The van der Waals surface area contributed by atoms with Crippen LogP contribution in [-0.4, -0.2) is 5.91 Å². The van der Waals surface area contributed by atoms with Crippen LogP contribution < -0.4 is 11.1 Å². The Kier molecular flexibility index (Phi) is 3.90. The number of nitrogens with one attached hydrogen (secondary N) is 1. The van der Waals surface area contributed by atoms with E-state index in [2.05, 4.69) is 21.2 Å². The lowest BCUT2D eigenvalue weighted by molar-refractivity contribution is 0.102. The van der Waals surface area contributed by atoms with Crippen LogP contribution in [0.5, 0.6) is 0 Å². The van der Waals surface area contributed by atoms with Gasteiger partial charge in [-0.2, -0.15) is 0 Å². The van der Waals surface area contributed by atoms with Gasteiger partial charge in [-0.3, -0.25) is 4.79 Å². The van der Waals surface area contributed by atoms with E-state index in [0.717, 1.165) is 21.3 Å². The monoisotopic (exact) mass is 318 g/mol. The fraction of sp³-hybridized carbons (Fsp3) is 0.133. The van der Waals surface area contributed by atoms with Crippen molar-refractivity contribution < 1.29 is 4.79 Å². The number of anilines is 2. The molecule has 0 spiro atoms. The van der Waals surface area contributed by atoms with Crippen molar-refractivity contribution in [2.75, 3.05) is 11.1 Å². The number of aryl methyl sites for hydroxylation is 2. The second kappa shape index (κ2) is 5.45. The molecule has 0 aliphatic rings. The summed E-state index contributed by atoms with van der Waals surface area (Å²) >= 11 is 3.47. The molecule has 1 amide bonds. The maximum atomic E-state index is 12.2. The van der Waals surface area contributed by atoms with E-state index in [-0.39, 0.29) is 5.91 Å². The standard InChI is InChI=1S/C15H15BrN2O/c1-9-7-10(2)14(12(16)8-9)18-15(19)11-5-3-4-6-13(11)17/h3-8H,17H2,1-2H3,(H,18,19). The Labute approximate surface area is 121 Å². The Balaban J connectivity index is 2.32. The molecular formula is C15H15BrN2O. The van der Waals surface area contributed by atoms with Crippen molar-refractivity contribution in [3.8, 4) is 0 Å². The van der Waals surface area contributed by atoms with Gasteiger partial charge >= 0.3 is 0 Å². The molecule has 0 aromatic heterocycles. The van der Waals surface area contributed by atoms with Crippen LogP contribution in [0.4, 0.5) is 11.4 Å². The molecule has 4 heteroatoms. The van der Waals surface area contributed by atoms with Crippen LogP contribution in [-0.2, 0) is 0 Å². The molecule has 0 unspecified atom stereocenters. The van der Waals surface area contributed by atoms with Gasteiger partial charge in [0.25, 0.3) is 5.91 Å². The molecule has 98 valence electrons. The van der Waals surface area contributed by atoms with Gasteiger partial charge in [0, 0.05) is 10.2 Å². The summed E-state index contributed by atoms with van der Waals surface area (Å²) in [5.74, 6) is -0.203. The molecule has 3 nitrogen and oxygen atoms in total. The first-order chi connectivity index (χ1) is 8.99. The maximum Gasteiger partial charge on any atom is 0.257 e. The SMILES string of the molecule is Cc1cc(C)c(NC(=O)c2ccccc2N)c(Br)c1. The molecule has 0 saturated carbocycles. The highest BCUT2D eigenvalue weighted by molar-refractivity contribution is 9.10. The Hall–Kier alpha value is -1.81. The molecule has 2 aromatic rings. The third kappa shape index (κ3) is 2.96. The average Bonchev–Trinajstić information content (AvgIpc) is 2.34. The highest BCUT2D eigenvalue weighted by atomic mass is 79.9. The number of hydrogen-bond donors (Lipinski definition) is 2. The normalized spacial score (nSPS) is 10.3. The summed E-state index contributed by atoms with van der Waals surface area (Å²) in [7, 11) is 0. The van der Waals surface area contributed by atoms with Gasteiger partial charge in [0.15, 0.2) is 0 Å². The van der Waals surface area contributed by atoms with Gasteiger partial charge in [-0.1, -0.05) is 18.2 Å². The zero-order valence-corrected chi connectivity index (χ0v) is 12.4. The van der Waals surface area contributed by atoms with Crippen molar-refractivity contribution in [3.63, 3.8) is 0 Å². The van der Waals surface area contributed by atoms with Crippen LogP contribution in [0.2, 0.25) is 0 Å². The number of halogens is 1. The van der Waals surface area contributed by atoms with Crippen LogP contribution in [0, 0.1) is 13.8 Å². The van der Waals surface area contributed by atoms with Crippen molar-refractivity contribution >= 4 is 33.2 Å². The van der Waals surface area contributed by atoms with E-state index < -0.39 is 0 Å².